The van der Waals surface area contributed by atoms with E-state index in [2.05, 4.69) is 47.5 Å². The molecular weight excluding hydrogens is 457 g/mol. The van der Waals surface area contributed by atoms with Crippen molar-refractivity contribution in [1.82, 2.24) is 10.2 Å². The first-order valence-corrected chi connectivity index (χ1v) is 10.7. The molecule has 2 aliphatic heterocycles. The van der Waals surface area contributed by atoms with Gasteiger partial charge in [0.1, 0.15) is 0 Å². The summed E-state index contributed by atoms with van der Waals surface area (Å²) in [5.74, 6) is 3.60. The second kappa shape index (κ2) is 10.8. The smallest absolute Gasteiger partial charge is 0.194 e. The van der Waals surface area contributed by atoms with Crippen molar-refractivity contribution in [1.29, 1.82) is 0 Å². The molecule has 2 fully saturated rings. The van der Waals surface area contributed by atoms with Crippen LogP contribution in [0.25, 0.3) is 0 Å². The molecule has 0 radical (unpaired) electrons. The Bertz CT molecular complexity index is 555. The predicted molar refractivity (Wildman–Crippen MR) is 123 cm³/mol. The number of rotatable bonds is 5. The number of thioether (sulfide) groups is 1. The minimum absolute atomic E-state index is 0. The lowest BCUT2D eigenvalue weighted by molar-refractivity contribution is 0.0774. The van der Waals surface area contributed by atoms with Crippen molar-refractivity contribution in [3.63, 3.8) is 0 Å². The van der Waals surface area contributed by atoms with E-state index in [1.807, 2.05) is 11.8 Å². The van der Waals surface area contributed by atoms with E-state index in [1.54, 1.807) is 0 Å². The molecule has 0 amide bonds. The molecule has 2 N–H and O–H groups in total. The highest BCUT2D eigenvalue weighted by Gasteiger charge is 2.32. The number of hydrogen-bond acceptors (Lipinski definition) is 3. The van der Waals surface area contributed by atoms with Crippen molar-refractivity contribution in [3.05, 3.63) is 35.9 Å². The molecule has 3 rings (SSSR count). The molecule has 146 valence electrons. The van der Waals surface area contributed by atoms with Crippen LogP contribution in [0.4, 0.5) is 0 Å². The number of aliphatic hydroxyl groups is 1. The third-order valence-corrected chi connectivity index (χ3v) is 6.46. The topological polar surface area (TPSA) is 47.9 Å². The third kappa shape index (κ3) is 6.30. The minimum atomic E-state index is -0.600. The molecule has 2 aliphatic rings. The summed E-state index contributed by atoms with van der Waals surface area (Å²) >= 11 is 1.83. The highest BCUT2D eigenvalue weighted by molar-refractivity contribution is 14.0. The lowest BCUT2D eigenvalue weighted by atomic mass is 9.90. The van der Waals surface area contributed by atoms with Crippen LogP contribution in [0.1, 0.15) is 31.7 Å². The average Bonchev–Trinajstić information content (AvgIpc) is 3.07. The zero-order valence-electron chi connectivity index (χ0n) is 15.7. The van der Waals surface area contributed by atoms with Crippen LogP contribution in [0.5, 0.6) is 0 Å². The Hall–Kier alpha value is -0.470. The highest BCUT2D eigenvalue weighted by atomic mass is 127. The van der Waals surface area contributed by atoms with Gasteiger partial charge in [0.15, 0.2) is 5.96 Å². The van der Waals surface area contributed by atoms with Crippen LogP contribution in [0.2, 0.25) is 0 Å². The van der Waals surface area contributed by atoms with Crippen molar-refractivity contribution in [2.45, 2.75) is 38.2 Å². The maximum Gasteiger partial charge on any atom is 0.194 e. The number of nitrogens with one attached hydrogen (secondary N) is 1. The Kier molecular flexibility index (Phi) is 9.03. The van der Waals surface area contributed by atoms with Gasteiger partial charge in [-0.1, -0.05) is 30.3 Å². The Morgan fingerprint density at radius 1 is 1.31 bits per heavy atom. The molecule has 1 aromatic rings. The summed E-state index contributed by atoms with van der Waals surface area (Å²) in [6.07, 6.45) is 4.46. The molecule has 6 heteroatoms. The standard InChI is InChI=1S/C20H31N3OS.HI/c1-2-21-19(22-15-20(24)10-13-25-16-20)23-11-8-18(9-12-23)14-17-6-4-3-5-7-17;/h3-7,18,24H,2,8-16H2,1H3,(H,21,22);1H. The molecule has 1 unspecified atom stereocenters. The van der Waals surface area contributed by atoms with Gasteiger partial charge < -0.3 is 15.3 Å². The molecule has 4 nitrogen and oxygen atoms in total. The second-order valence-electron chi connectivity index (χ2n) is 7.32. The Balaban J connectivity index is 0.00000243. The van der Waals surface area contributed by atoms with Crippen LogP contribution in [-0.4, -0.2) is 59.3 Å². The van der Waals surface area contributed by atoms with Gasteiger partial charge in [0.25, 0.3) is 0 Å². The number of halogens is 1. The molecule has 0 saturated carbocycles. The van der Waals surface area contributed by atoms with E-state index in [1.165, 1.54) is 24.8 Å². The molecule has 26 heavy (non-hydrogen) atoms. The van der Waals surface area contributed by atoms with Gasteiger partial charge in [-0.2, -0.15) is 11.8 Å². The fraction of sp³-hybridized carbons (Fsp3) is 0.650. The van der Waals surface area contributed by atoms with Gasteiger partial charge in [0, 0.05) is 25.4 Å². The first kappa shape index (κ1) is 21.8. The number of likely N-dealkylation sites (tertiary alicyclic amines) is 1. The van der Waals surface area contributed by atoms with Gasteiger partial charge in [0.2, 0.25) is 0 Å². The van der Waals surface area contributed by atoms with Gasteiger partial charge in [-0.05, 0) is 49.8 Å². The van der Waals surface area contributed by atoms with E-state index in [-0.39, 0.29) is 24.0 Å². The number of guanidine groups is 1. The summed E-state index contributed by atoms with van der Waals surface area (Å²) in [5, 5.41) is 14.0. The third-order valence-electron chi connectivity index (χ3n) is 5.22. The normalized spacial score (nSPS) is 24.4. The summed E-state index contributed by atoms with van der Waals surface area (Å²) in [5.41, 5.74) is 0.847. The summed E-state index contributed by atoms with van der Waals surface area (Å²) in [7, 11) is 0. The van der Waals surface area contributed by atoms with Gasteiger partial charge >= 0.3 is 0 Å². The molecule has 0 aliphatic carbocycles. The molecule has 1 atom stereocenters. The molecular formula is C20H32IN3OS. The molecule has 1 aromatic carbocycles. The number of aliphatic imine (C=N–C) groups is 1. The lowest BCUT2D eigenvalue weighted by Gasteiger charge is -2.34. The predicted octanol–water partition coefficient (Wildman–Crippen LogP) is 3.39. The Morgan fingerprint density at radius 2 is 2.04 bits per heavy atom. The van der Waals surface area contributed by atoms with Crippen molar-refractivity contribution >= 4 is 41.7 Å². The van der Waals surface area contributed by atoms with Gasteiger partial charge in [-0.25, -0.2) is 0 Å². The number of benzene rings is 1. The SMILES string of the molecule is CCNC(=NCC1(O)CCSC1)N1CCC(Cc2ccccc2)CC1.I. The first-order valence-electron chi connectivity index (χ1n) is 9.56. The second-order valence-corrected chi connectivity index (χ2v) is 8.42. The zero-order chi connectivity index (χ0) is 17.5. The summed E-state index contributed by atoms with van der Waals surface area (Å²) in [6, 6.07) is 10.8. The quantitative estimate of drug-likeness (QED) is 0.378. The molecule has 2 heterocycles. The van der Waals surface area contributed by atoms with Gasteiger partial charge in [0.05, 0.1) is 12.1 Å². The lowest BCUT2D eigenvalue weighted by Crippen LogP contribution is -2.46. The Morgan fingerprint density at radius 3 is 2.65 bits per heavy atom. The van der Waals surface area contributed by atoms with E-state index >= 15 is 0 Å². The van der Waals surface area contributed by atoms with Crippen LogP contribution in [0, 0.1) is 5.92 Å². The van der Waals surface area contributed by atoms with Crippen LogP contribution in [0.3, 0.4) is 0 Å². The van der Waals surface area contributed by atoms with Crippen molar-refractivity contribution in [2.24, 2.45) is 10.9 Å². The maximum atomic E-state index is 10.5. The van der Waals surface area contributed by atoms with Crippen LogP contribution >= 0.6 is 35.7 Å². The number of nitrogens with zero attached hydrogens (tertiary/aromatic N) is 2. The summed E-state index contributed by atoms with van der Waals surface area (Å²) in [6.45, 7) is 5.60. The number of hydrogen-bond donors (Lipinski definition) is 2. The summed E-state index contributed by atoms with van der Waals surface area (Å²) < 4.78 is 0. The molecule has 0 bridgehead atoms. The number of piperidine rings is 1. The maximum absolute atomic E-state index is 10.5. The largest absolute Gasteiger partial charge is 0.387 e. The Labute approximate surface area is 179 Å². The monoisotopic (exact) mass is 489 g/mol. The van der Waals surface area contributed by atoms with Crippen molar-refractivity contribution in [2.75, 3.05) is 37.7 Å². The van der Waals surface area contributed by atoms with Crippen molar-refractivity contribution in [3.8, 4) is 0 Å². The van der Waals surface area contributed by atoms with Crippen LogP contribution in [0.15, 0.2) is 35.3 Å². The van der Waals surface area contributed by atoms with Crippen molar-refractivity contribution < 1.29 is 5.11 Å². The van der Waals surface area contributed by atoms with Gasteiger partial charge in [-0.3, -0.25) is 4.99 Å². The minimum Gasteiger partial charge on any atom is -0.387 e. The first-order chi connectivity index (χ1) is 12.2. The van der Waals surface area contributed by atoms with E-state index < -0.39 is 5.60 Å². The molecule has 0 spiro atoms. The van der Waals surface area contributed by atoms with E-state index in [0.29, 0.717) is 6.54 Å². The van der Waals surface area contributed by atoms with Crippen LogP contribution in [-0.2, 0) is 6.42 Å². The fourth-order valence-electron chi connectivity index (χ4n) is 3.67. The van der Waals surface area contributed by atoms with E-state index in [9.17, 15) is 5.11 Å². The van der Waals surface area contributed by atoms with E-state index in [0.717, 1.165) is 49.4 Å². The highest BCUT2D eigenvalue weighted by Crippen LogP contribution is 2.28. The molecule has 2 saturated heterocycles. The van der Waals surface area contributed by atoms with Gasteiger partial charge in [-0.15, -0.1) is 24.0 Å². The molecule has 0 aromatic heterocycles. The van der Waals surface area contributed by atoms with E-state index in [4.69, 9.17) is 4.99 Å². The zero-order valence-corrected chi connectivity index (χ0v) is 18.8. The average molecular weight is 489 g/mol. The van der Waals surface area contributed by atoms with Crippen LogP contribution < -0.4 is 5.32 Å². The fourth-order valence-corrected chi connectivity index (χ4v) is 4.95. The summed E-state index contributed by atoms with van der Waals surface area (Å²) in [4.78, 5) is 7.14.